The van der Waals surface area contributed by atoms with E-state index in [1.165, 1.54) is 32.4 Å². The molecule has 3 aromatic rings. The molecular formula is C30H35FN4O6. The number of rotatable bonds is 13. The molecule has 218 valence electrons. The van der Waals surface area contributed by atoms with Gasteiger partial charge in [-0.15, -0.1) is 0 Å². The molecule has 3 aromatic carbocycles. The number of halogens is 1. The molecule has 41 heavy (non-hydrogen) atoms. The smallest absolute Gasteiger partial charge is 0.337 e. The molecule has 2 amide bonds. The molecule has 0 radical (unpaired) electrons. The largest absolute Gasteiger partial charge is 0.495 e. The van der Waals surface area contributed by atoms with Gasteiger partial charge in [0.1, 0.15) is 23.5 Å². The summed E-state index contributed by atoms with van der Waals surface area (Å²) >= 11 is 0. The number of hydrogen-bond donors (Lipinski definition) is 4. The number of ketones is 1. The molecule has 1 unspecified atom stereocenters. The molecule has 0 aliphatic heterocycles. The Morgan fingerprint density at radius 2 is 1.59 bits per heavy atom. The van der Waals surface area contributed by atoms with Gasteiger partial charge < -0.3 is 30.2 Å². The molecule has 0 spiro atoms. The Labute approximate surface area is 238 Å². The Balaban J connectivity index is 1.56. The molecule has 4 N–H and O–H groups in total. The summed E-state index contributed by atoms with van der Waals surface area (Å²) < 4.78 is 30.0. The van der Waals surface area contributed by atoms with Crippen LogP contribution in [0.1, 0.15) is 36.7 Å². The molecule has 3 rings (SSSR count). The highest BCUT2D eigenvalue weighted by atomic mass is 19.1. The van der Waals surface area contributed by atoms with Gasteiger partial charge in [-0.1, -0.05) is 18.2 Å². The monoisotopic (exact) mass is 566 g/mol. The van der Waals surface area contributed by atoms with Gasteiger partial charge in [-0.25, -0.2) is 14.0 Å². The summed E-state index contributed by atoms with van der Waals surface area (Å²) in [4.78, 5) is 36.9. The van der Waals surface area contributed by atoms with Crippen molar-refractivity contribution in [3.05, 3.63) is 77.6 Å². The second-order valence-electron chi connectivity index (χ2n) is 9.45. The lowest BCUT2D eigenvalue weighted by atomic mass is 10.1. The highest BCUT2D eigenvalue weighted by Gasteiger charge is 2.16. The number of anilines is 3. The van der Waals surface area contributed by atoms with Crippen molar-refractivity contribution < 1.29 is 33.0 Å². The van der Waals surface area contributed by atoms with E-state index in [4.69, 9.17) is 14.2 Å². The van der Waals surface area contributed by atoms with Crippen molar-refractivity contribution in [2.75, 3.05) is 36.7 Å². The van der Waals surface area contributed by atoms with Gasteiger partial charge in [0.25, 0.3) is 0 Å². The van der Waals surface area contributed by atoms with Gasteiger partial charge in [0, 0.05) is 12.5 Å². The van der Waals surface area contributed by atoms with Crippen LogP contribution in [0.5, 0.6) is 11.5 Å². The average molecular weight is 567 g/mol. The number of methoxy groups -OCH3 is 2. The number of esters is 1. The number of benzene rings is 3. The fraction of sp³-hybridized carbons (Fsp3) is 0.300. The molecule has 0 aliphatic rings. The molecule has 1 atom stereocenters. The van der Waals surface area contributed by atoms with Crippen LogP contribution in [0.3, 0.4) is 0 Å². The van der Waals surface area contributed by atoms with E-state index in [0.717, 1.165) is 0 Å². The maximum Gasteiger partial charge on any atom is 0.337 e. The van der Waals surface area contributed by atoms with E-state index in [9.17, 15) is 18.8 Å². The van der Waals surface area contributed by atoms with Crippen molar-refractivity contribution >= 4 is 34.8 Å². The number of carbonyl (C=O) groups excluding carboxylic acids is 3. The van der Waals surface area contributed by atoms with Gasteiger partial charge in [0.15, 0.2) is 5.78 Å². The minimum absolute atomic E-state index is 0.0434. The van der Waals surface area contributed by atoms with Crippen molar-refractivity contribution in [2.24, 2.45) is 0 Å². The molecule has 0 heterocycles. The van der Waals surface area contributed by atoms with Crippen molar-refractivity contribution in [2.45, 2.75) is 39.5 Å². The van der Waals surface area contributed by atoms with Crippen LogP contribution in [0.25, 0.3) is 0 Å². The number of urea groups is 1. The first-order valence-corrected chi connectivity index (χ1v) is 13.0. The molecule has 0 saturated heterocycles. The predicted octanol–water partition coefficient (Wildman–Crippen LogP) is 5.21. The zero-order chi connectivity index (χ0) is 29.9. The first-order chi connectivity index (χ1) is 19.6. The van der Waals surface area contributed by atoms with E-state index >= 15 is 0 Å². The minimum Gasteiger partial charge on any atom is -0.495 e. The highest BCUT2D eigenvalue weighted by molar-refractivity contribution is 6.00. The molecule has 11 heteroatoms. The molecular weight excluding hydrogens is 531 g/mol. The topological polar surface area (TPSA) is 127 Å². The SMILES string of the molecule is COC(=O)c1ccc(OC(C)NCC(=O)Cc2ccc(NC(=O)Nc3ccccc3F)c(OC)c2)c(NC(C)C)c1. The van der Waals surface area contributed by atoms with E-state index in [2.05, 4.69) is 21.3 Å². The number of nitrogens with one attached hydrogen (secondary N) is 4. The Kier molecular flexibility index (Phi) is 11.0. The van der Waals surface area contributed by atoms with Gasteiger partial charge in [-0.05, 0) is 68.8 Å². The van der Waals surface area contributed by atoms with E-state index in [0.29, 0.717) is 34.0 Å². The van der Waals surface area contributed by atoms with Crippen molar-refractivity contribution in [1.82, 2.24) is 5.32 Å². The molecule has 0 aliphatic carbocycles. The third-order valence-electron chi connectivity index (χ3n) is 5.77. The minimum atomic E-state index is -0.637. The maximum atomic E-state index is 13.8. The van der Waals surface area contributed by atoms with Crippen LogP contribution < -0.4 is 30.7 Å². The second-order valence-corrected chi connectivity index (χ2v) is 9.45. The third-order valence-corrected chi connectivity index (χ3v) is 5.77. The van der Waals surface area contributed by atoms with E-state index in [1.54, 1.807) is 49.4 Å². The average Bonchev–Trinajstić information content (AvgIpc) is 2.94. The molecule has 10 nitrogen and oxygen atoms in total. The second kappa shape index (κ2) is 14.7. The first kappa shape index (κ1) is 30.9. The van der Waals surface area contributed by atoms with Gasteiger partial charge in [0.05, 0.1) is 43.4 Å². The molecule has 0 aromatic heterocycles. The summed E-state index contributed by atoms with van der Waals surface area (Å²) in [5, 5.41) is 11.4. The predicted molar refractivity (Wildman–Crippen MR) is 155 cm³/mol. The molecule has 0 fully saturated rings. The van der Waals surface area contributed by atoms with Crippen LogP contribution in [0.15, 0.2) is 60.7 Å². The van der Waals surface area contributed by atoms with Crippen LogP contribution in [0.2, 0.25) is 0 Å². The lowest BCUT2D eigenvalue weighted by Crippen LogP contribution is -2.36. The van der Waals surface area contributed by atoms with E-state index in [1.807, 2.05) is 13.8 Å². The van der Waals surface area contributed by atoms with Crippen LogP contribution in [-0.4, -0.2) is 50.8 Å². The number of amides is 2. The quantitative estimate of drug-likeness (QED) is 0.164. The summed E-state index contributed by atoms with van der Waals surface area (Å²) in [7, 11) is 2.77. The summed E-state index contributed by atoms with van der Waals surface area (Å²) in [6, 6.07) is 15.2. The van der Waals surface area contributed by atoms with Crippen LogP contribution >= 0.6 is 0 Å². The van der Waals surface area contributed by atoms with Crippen LogP contribution in [0.4, 0.5) is 26.2 Å². The fourth-order valence-electron chi connectivity index (χ4n) is 3.87. The maximum absolute atomic E-state index is 13.8. The summed E-state index contributed by atoms with van der Waals surface area (Å²) in [5.41, 5.74) is 2.11. The highest BCUT2D eigenvalue weighted by Crippen LogP contribution is 2.28. The summed E-state index contributed by atoms with van der Waals surface area (Å²) in [5.74, 6) is -0.232. The van der Waals surface area contributed by atoms with Crippen molar-refractivity contribution in [3.8, 4) is 11.5 Å². The zero-order valence-electron chi connectivity index (χ0n) is 23.7. The number of para-hydroxylation sites is 1. The zero-order valence-corrected chi connectivity index (χ0v) is 23.7. The van der Waals surface area contributed by atoms with Gasteiger partial charge >= 0.3 is 12.0 Å². The van der Waals surface area contributed by atoms with E-state index in [-0.39, 0.29) is 30.5 Å². The molecule has 0 saturated carbocycles. The third kappa shape index (κ3) is 9.21. The van der Waals surface area contributed by atoms with Crippen molar-refractivity contribution in [3.63, 3.8) is 0 Å². The number of hydrogen-bond acceptors (Lipinski definition) is 8. The number of carbonyl (C=O) groups is 3. The Morgan fingerprint density at radius 1 is 0.854 bits per heavy atom. The number of Topliss-reactive ketones (excluding diaryl/α,β-unsaturated/α-hetero) is 1. The Hall–Kier alpha value is -4.64. The van der Waals surface area contributed by atoms with Crippen LogP contribution in [0, 0.1) is 5.82 Å². The van der Waals surface area contributed by atoms with Gasteiger partial charge in [-0.2, -0.15) is 0 Å². The Bertz CT molecular complexity index is 1380. The first-order valence-electron chi connectivity index (χ1n) is 13.0. The van der Waals surface area contributed by atoms with Gasteiger partial charge in [-0.3, -0.25) is 10.1 Å². The standard InChI is InChI=1S/C30H35FN4O6/c1-18(2)33-26-16-21(29(37)40-5)11-13-27(26)41-19(3)32-17-22(36)14-20-10-12-25(28(15-20)39-4)35-30(38)34-24-9-7-6-8-23(24)31/h6-13,15-16,18-19,32-33H,14,17H2,1-5H3,(H2,34,35,38). The lowest BCUT2D eigenvalue weighted by molar-refractivity contribution is -0.118. The normalized spacial score (nSPS) is 11.4. The van der Waals surface area contributed by atoms with Gasteiger partial charge in [0.2, 0.25) is 0 Å². The molecule has 0 bridgehead atoms. The fourth-order valence-corrected chi connectivity index (χ4v) is 3.87. The van der Waals surface area contributed by atoms with Crippen molar-refractivity contribution in [1.29, 1.82) is 0 Å². The Morgan fingerprint density at radius 3 is 2.27 bits per heavy atom. The number of ether oxygens (including phenoxy) is 3. The summed E-state index contributed by atoms with van der Waals surface area (Å²) in [6.07, 6.45) is -0.393. The summed E-state index contributed by atoms with van der Waals surface area (Å²) in [6.45, 7) is 5.75. The van der Waals surface area contributed by atoms with E-state index < -0.39 is 24.0 Å². The lowest BCUT2D eigenvalue weighted by Gasteiger charge is -2.21. The van der Waals surface area contributed by atoms with Crippen LogP contribution in [-0.2, 0) is 16.0 Å².